The minimum absolute atomic E-state index is 0.00245. The van der Waals surface area contributed by atoms with Crippen LogP contribution in [0, 0.1) is 0 Å². The third kappa shape index (κ3) is 2.30. The highest BCUT2D eigenvalue weighted by molar-refractivity contribution is 8.11. The maximum atomic E-state index is 12.4. The third-order valence-electron chi connectivity index (χ3n) is 3.68. The SMILES string of the molecule is NSC(=O)C1C2=C(C=CC=CC2)C=Cc2ccccc21. The van der Waals surface area contributed by atoms with Crippen molar-refractivity contribution in [3.63, 3.8) is 0 Å². The van der Waals surface area contributed by atoms with Gasteiger partial charge in [-0.05, 0) is 40.6 Å². The van der Waals surface area contributed by atoms with E-state index in [-0.39, 0.29) is 11.0 Å². The number of rotatable bonds is 1. The lowest BCUT2D eigenvalue weighted by molar-refractivity contribution is -0.111. The van der Waals surface area contributed by atoms with Crippen LogP contribution in [0.3, 0.4) is 0 Å². The second-order valence-corrected chi connectivity index (χ2v) is 5.44. The van der Waals surface area contributed by atoms with Crippen molar-refractivity contribution in [3.8, 4) is 0 Å². The van der Waals surface area contributed by atoms with E-state index < -0.39 is 0 Å². The first kappa shape index (κ1) is 13.2. The predicted molar refractivity (Wildman–Crippen MR) is 84.9 cm³/mol. The number of carbonyl (C=O) groups is 1. The number of hydrogen-bond acceptors (Lipinski definition) is 3. The number of fused-ring (bicyclic) bond motifs is 1. The molecule has 2 aliphatic rings. The maximum absolute atomic E-state index is 12.4. The van der Waals surface area contributed by atoms with E-state index >= 15 is 0 Å². The van der Waals surface area contributed by atoms with E-state index in [1.165, 1.54) is 0 Å². The monoisotopic (exact) mass is 281 g/mol. The summed E-state index contributed by atoms with van der Waals surface area (Å²) < 4.78 is 0. The zero-order valence-electron chi connectivity index (χ0n) is 11.0. The normalized spacial score (nSPS) is 20.1. The Morgan fingerprint density at radius 2 is 2.00 bits per heavy atom. The summed E-state index contributed by atoms with van der Waals surface area (Å²) in [7, 11) is 0. The Morgan fingerprint density at radius 3 is 2.85 bits per heavy atom. The van der Waals surface area contributed by atoms with Crippen molar-refractivity contribution in [1.29, 1.82) is 0 Å². The fraction of sp³-hybridized carbons (Fsp3) is 0.118. The lowest BCUT2D eigenvalue weighted by atomic mass is 9.86. The van der Waals surface area contributed by atoms with Crippen molar-refractivity contribution in [2.24, 2.45) is 5.14 Å². The molecule has 0 bridgehead atoms. The summed E-state index contributed by atoms with van der Waals surface area (Å²) in [6, 6.07) is 8.03. The van der Waals surface area contributed by atoms with Gasteiger partial charge in [0.15, 0.2) is 0 Å². The van der Waals surface area contributed by atoms with Gasteiger partial charge in [0.25, 0.3) is 0 Å². The van der Waals surface area contributed by atoms with E-state index in [4.69, 9.17) is 5.14 Å². The summed E-state index contributed by atoms with van der Waals surface area (Å²) >= 11 is 0.818. The molecule has 20 heavy (non-hydrogen) atoms. The summed E-state index contributed by atoms with van der Waals surface area (Å²) in [6.07, 6.45) is 13.1. The Kier molecular flexibility index (Phi) is 3.72. The van der Waals surface area contributed by atoms with Gasteiger partial charge in [-0.1, -0.05) is 60.7 Å². The van der Waals surface area contributed by atoms with Gasteiger partial charge in [0, 0.05) is 0 Å². The molecule has 0 amide bonds. The Morgan fingerprint density at radius 1 is 1.15 bits per heavy atom. The van der Waals surface area contributed by atoms with Crippen molar-refractivity contribution in [1.82, 2.24) is 0 Å². The van der Waals surface area contributed by atoms with E-state index in [0.717, 1.165) is 40.6 Å². The van der Waals surface area contributed by atoms with E-state index in [0.29, 0.717) is 0 Å². The van der Waals surface area contributed by atoms with Gasteiger partial charge in [-0.25, -0.2) is 0 Å². The molecule has 0 aromatic heterocycles. The number of carbonyl (C=O) groups excluding carboxylic acids is 1. The summed E-state index contributed by atoms with van der Waals surface area (Å²) in [4.78, 5) is 12.4. The molecule has 3 heteroatoms. The molecule has 2 aliphatic carbocycles. The van der Waals surface area contributed by atoms with Crippen LogP contribution in [0.2, 0.25) is 0 Å². The first-order chi connectivity index (χ1) is 9.81. The topological polar surface area (TPSA) is 43.1 Å². The minimum atomic E-state index is -0.265. The van der Waals surface area contributed by atoms with Gasteiger partial charge in [-0.2, -0.15) is 0 Å². The van der Waals surface area contributed by atoms with Crippen molar-refractivity contribution < 1.29 is 4.79 Å². The van der Waals surface area contributed by atoms with Crippen LogP contribution >= 0.6 is 11.9 Å². The van der Waals surface area contributed by atoms with Crippen LogP contribution in [0.15, 0.2) is 65.8 Å². The van der Waals surface area contributed by atoms with E-state index in [1.54, 1.807) is 0 Å². The highest BCUT2D eigenvalue weighted by Crippen LogP contribution is 2.38. The van der Waals surface area contributed by atoms with Crippen LogP contribution in [0.4, 0.5) is 0 Å². The summed E-state index contributed by atoms with van der Waals surface area (Å²) in [5.41, 5.74) is 4.36. The Hall–Kier alpha value is -1.84. The molecule has 1 aromatic rings. The van der Waals surface area contributed by atoms with Crippen molar-refractivity contribution >= 4 is 23.1 Å². The standard InChI is InChI=1S/C17H15NOS/c18-20-17(19)16-14-8-3-1-2-6-12(14)10-11-13-7-4-5-9-15(13)16/h1-7,9-11,16H,8,18H2. The molecular weight excluding hydrogens is 266 g/mol. The van der Waals surface area contributed by atoms with Crippen molar-refractivity contribution in [2.75, 3.05) is 0 Å². The second-order valence-electron chi connectivity index (χ2n) is 4.80. The molecule has 1 unspecified atom stereocenters. The maximum Gasteiger partial charge on any atom is 0.215 e. The Labute approximate surface area is 122 Å². The lowest BCUT2D eigenvalue weighted by Gasteiger charge is -2.19. The van der Waals surface area contributed by atoms with E-state index in [2.05, 4.69) is 24.3 Å². The molecule has 2 nitrogen and oxygen atoms in total. The third-order valence-corrected chi connectivity index (χ3v) is 4.15. The van der Waals surface area contributed by atoms with Crippen molar-refractivity contribution in [2.45, 2.75) is 12.3 Å². The number of hydrogen-bond donors (Lipinski definition) is 1. The minimum Gasteiger partial charge on any atom is -0.285 e. The zero-order chi connectivity index (χ0) is 13.9. The highest BCUT2D eigenvalue weighted by Gasteiger charge is 2.28. The Balaban J connectivity index is 2.21. The molecule has 1 aromatic carbocycles. The summed E-state index contributed by atoms with van der Waals surface area (Å²) in [5, 5.41) is 5.56. The lowest BCUT2D eigenvalue weighted by Crippen LogP contribution is -2.15. The molecule has 0 heterocycles. The molecule has 1 atom stereocenters. The fourth-order valence-electron chi connectivity index (χ4n) is 2.73. The smallest absolute Gasteiger partial charge is 0.215 e. The van der Waals surface area contributed by atoms with Gasteiger partial charge in [0.05, 0.1) is 5.92 Å². The van der Waals surface area contributed by atoms with Crippen LogP contribution < -0.4 is 5.14 Å². The summed E-state index contributed by atoms with van der Waals surface area (Å²) in [5.74, 6) is -0.265. The van der Waals surface area contributed by atoms with Gasteiger partial charge >= 0.3 is 0 Å². The molecule has 0 saturated carbocycles. The molecule has 0 saturated heterocycles. The quantitative estimate of drug-likeness (QED) is 0.797. The molecule has 0 radical (unpaired) electrons. The Bertz CT molecular complexity index is 667. The van der Waals surface area contributed by atoms with Crippen LogP contribution in [0.5, 0.6) is 0 Å². The van der Waals surface area contributed by atoms with Crippen LogP contribution in [0.25, 0.3) is 6.08 Å². The molecule has 3 rings (SSSR count). The van der Waals surface area contributed by atoms with Gasteiger partial charge in [-0.15, -0.1) is 0 Å². The summed E-state index contributed by atoms with van der Waals surface area (Å²) in [6.45, 7) is 0. The molecule has 0 spiro atoms. The van der Waals surface area contributed by atoms with E-state index in [9.17, 15) is 4.79 Å². The number of benzene rings is 1. The molecule has 0 fully saturated rings. The van der Waals surface area contributed by atoms with Gasteiger partial charge in [0.1, 0.15) is 0 Å². The predicted octanol–water partition coefficient (Wildman–Crippen LogP) is 3.74. The fourth-order valence-corrected chi connectivity index (χ4v) is 3.14. The molecule has 0 aliphatic heterocycles. The van der Waals surface area contributed by atoms with Gasteiger partial charge in [0.2, 0.25) is 5.12 Å². The molecule has 2 N–H and O–H groups in total. The van der Waals surface area contributed by atoms with Crippen LogP contribution in [-0.2, 0) is 4.79 Å². The van der Waals surface area contributed by atoms with Gasteiger partial charge < -0.3 is 0 Å². The largest absolute Gasteiger partial charge is 0.285 e. The average Bonchev–Trinajstić information content (AvgIpc) is 2.79. The zero-order valence-corrected chi connectivity index (χ0v) is 11.8. The van der Waals surface area contributed by atoms with Gasteiger partial charge in [-0.3, -0.25) is 9.93 Å². The second kappa shape index (κ2) is 5.65. The van der Waals surface area contributed by atoms with Crippen LogP contribution in [-0.4, -0.2) is 5.12 Å². The molecular formula is C17H15NOS. The van der Waals surface area contributed by atoms with Crippen molar-refractivity contribution in [3.05, 3.63) is 76.9 Å². The van der Waals surface area contributed by atoms with Crippen LogP contribution in [0.1, 0.15) is 23.5 Å². The average molecular weight is 281 g/mol. The first-order valence-corrected chi connectivity index (χ1v) is 7.43. The highest BCUT2D eigenvalue weighted by atomic mass is 32.2. The first-order valence-electron chi connectivity index (χ1n) is 6.55. The molecule has 100 valence electrons. The van der Waals surface area contributed by atoms with E-state index in [1.807, 2.05) is 36.4 Å². The number of allylic oxidation sites excluding steroid dienone is 7. The number of nitrogens with two attached hydrogens (primary N) is 1.